The number of amidine groups is 1. The third-order valence-electron chi connectivity index (χ3n) is 3.91. The Morgan fingerprint density at radius 2 is 1.63 bits per heavy atom. The molecular weight excluding hydrogens is 383 g/mol. The van der Waals surface area contributed by atoms with Gasteiger partial charge < -0.3 is 5.32 Å². The molecule has 0 radical (unpaired) electrons. The summed E-state index contributed by atoms with van der Waals surface area (Å²) in [5.41, 5.74) is -2.71. The van der Waals surface area contributed by atoms with Crippen LogP contribution in [0.3, 0.4) is 0 Å². The Balaban J connectivity index is 2.08. The van der Waals surface area contributed by atoms with E-state index in [2.05, 4.69) is 4.99 Å². The molecular formula is C17H14F3N3O3S. The van der Waals surface area contributed by atoms with Gasteiger partial charge in [0.25, 0.3) is 5.91 Å². The molecule has 2 aromatic rings. The van der Waals surface area contributed by atoms with Crippen LogP contribution in [-0.4, -0.2) is 32.0 Å². The average molecular weight is 397 g/mol. The van der Waals surface area contributed by atoms with E-state index in [9.17, 15) is 26.4 Å². The van der Waals surface area contributed by atoms with Crippen LogP contribution in [0.1, 0.15) is 11.1 Å². The van der Waals surface area contributed by atoms with E-state index in [4.69, 9.17) is 0 Å². The number of halogens is 3. The van der Waals surface area contributed by atoms with E-state index in [-0.39, 0.29) is 11.4 Å². The number of sulfonamides is 1. The van der Waals surface area contributed by atoms with Crippen LogP contribution in [0, 0.1) is 6.92 Å². The summed E-state index contributed by atoms with van der Waals surface area (Å²) >= 11 is 0. The van der Waals surface area contributed by atoms with E-state index in [1.165, 1.54) is 29.0 Å². The number of nitrogens with zero attached hydrogens (tertiary/aromatic N) is 1. The van der Waals surface area contributed by atoms with Gasteiger partial charge in [-0.15, -0.1) is 0 Å². The fourth-order valence-electron chi connectivity index (χ4n) is 2.47. The Hall–Kier alpha value is -2.72. The highest BCUT2D eigenvalue weighted by atomic mass is 32.2. The molecule has 3 rings (SSSR count). The third kappa shape index (κ3) is 3.45. The number of aryl methyl sites for hydroxylation is 1. The largest absolute Gasteiger partial charge is 0.437 e. The fourth-order valence-corrected chi connectivity index (χ4v) is 3.72. The van der Waals surface area contributed by atoms with Gasteiger partial charge in [0, 0.05) is 5.56 Å². The second kappa shape index (κ2) is 6.46. The molecule has 2 aromatic carbocycles. The second-order valence-corrected chi connectivity index (χ2v) is 7.59. The minimum absolute atomic E-state index is 0.214. The molecule has 0 saturated carbocycles. The van der Waals surface area contributed by atoms with Gasteiger partial charge in [0.2, 0.25) is 10.0 Å². The van der Waals surface area contributed by atoms with Crippen molar-refractivity contribution in [1.82, 2.24) is 10.0 Å². The number of rotatable bonds is 4. The molecule has 0 aliphatic carbocycles. The van der Waals surface area contributed by atoms with Gasteiger partial charge in [-0.25, -0.2) is 13.4 Å². The second-order valence-electron chi connectivity index (χ2n) is 5.91. The minimum Gasteiger partial charge on any atom is -0.307 e. The van der Waals surface area contributed by atoms with Crippen LogP contribution in [0.5, 0.6) is 0 Å². The highest BCUT2D eigenvalue weighted by Gasteiger charge is 2.66. The predicted molar refractivity (Wildman–Crippen MR) is 91.4 cm³/mol. The maximum Gasteiger partial charge on any atom is 0.437 e. The lowest BCUT2D eigenvalue weighted by Gasteiger charge is -2.26. The van der Waals surface area contributed by atoms with Crippen LogP contribution < -0.4 is 10.0 Å². The number of aliphatic imine (C=N–C) groups is 1. The minimum atomic E-state index is -5.30. The molecule has 27 heavy (non-hydrogen) atoms. The highest BCUT2D eigenvalue weighted by Crippen LogP contribution is 2.36. The van der Waals surface area contributed by atoms with Gasteiger partial charge in [0.15, 0.2) is 0 Å². The maximum atomic E-state index is 13.8. The van der Waals surface area contributed by atoms with Crippen molar-refractivity contribution in [2.75, 3.05) is 0 Å². The van der Waals surface area contributed by atoms with Crippen molar-refractivity contribution in [1.29, 1.82) is 0 Å². The molecule has 0 bridgehead atoms. The molecule has 10 heteroatoms. The van der Waals surface area contributed by atoms with Crippen LogP contribution >= 0.6 is 0 Å². The number of benzene rings is 2. The van der Waals surface area contributed by atoms with Crippen LogP contribution in [0.2, 0.25) is 0 Å². The van der Waals surface area contributed by atoms with Gasteiger partial charge in [0.05, 0.1) is 4.90 Å². The number of carbonyl (C=O) groups is 1. The zero-order chi connectivity index (χ0) is 19.9. The summed E-state index contributed by atoms with van der Waals surface area (Å²) in [5.74, 6) is -1.99. The zero-order valence-corrected chi connectivity index (χ0v) is 14.7. The summed E-state index contributed by atoms with van der Waals surface area (Å²) in [5, 5.41) is 2.01. The van der Waals surface area contributed by atoms with Crippen molar-refractivity contribution in [2.45, 2.75) is 23.7 Å². The molecule has 0 saturated heterocycles. The van der Waals surface area contributed by atoms with E-state index in [0.29, 0.717) is 0 Å². The predicted octanol–water partition coefficient (Wildman–Crippen LogP) is 2.11. The highest BCUT2D eigenvalue weighted by molar-refractivity contribution is 7.89. The lowest BCUT2D eigenvalue weighted by molar-refractivity contribution is -0.190. The molecule has 0 unspecified atom stereocenters. The summed E-state index contributed by atoms with van der Waals surface area (Å²) in [6.07, 6.45) is -5.30. The molecule has 1 aliphatic rings. The van der Waals surface area contributed by atoms with Gasteiger partial charge >= 0.3 is 11.8 Å². The normalized spacial score (nSPS) is 20.3. The van der Waals surface area contributed by atoms with Crippen molar-refractivity contribution < 1.29 is 26.4 Å². The number of hydrogen-bond donors (Lipinski definition) is 2. The fraction of sp³-hybridized carbons (Fsp3) is 0.176. The molecule has 6 nitrogen and oxygen atoms in total. The summed E-state index contributed by atoms with van der Waals surface area (Å²) in [6.45, 7) is 1.70. The standard InChI is InChI=1S/C17H14F3N3O3S/c1-11-7-9-13(10-8-11)27(25,26)23-16(17(18,19)20)15(24)21-14(22-16)12-5-3-2-4-6-12/h2-10,23H,1H3,(H,21,22,24)/t16-/m0/s1. The molecule has 0 fully saturated rings. The molecule has 1 amide bonds. The molecule has 0 aromatic heterocycles. The van der Waals surface area contributed by atoms with E-state index in [0.717, 1.165) is 17.7 Å². The van der Waals surface area contributed by atoms with Gasteiger partial charge in [-0.2, -0.15) is 17.9 Å². The lowest BCUT2D eigenvalue weighted by atomic mass is 10.2. The Morgan fingerprint density at radius 3 is 2.19 bits per heavy atom. The summed E-state index contributed by atoms with van der Waals surface area (Å²) in [7, 11) is -4.68. The quantitative estimate of drug-likeness (QED) is 0.828. The first-order chi connectivity index (χ1) is 12.6. The molecule has 0 spiro atoms. The van der Waals surface area contributed by atoms with E-state index in [1.807, 2.05) is 5.32 Å². The first kappa shape index (κ1) is 19.1. The van der Waals surface area contributed by atoms with E-state index in [1.54, 1.807) is 25.1 Å². The van der Waals surface area contributed by atoms with Crippen LogP contribution in [-0.2, 0) is 14.8 Å². The Bertz CT molecular complexity index is 1000. The van der Waals surface area contributed by atoms with Crippen molar-refractivity contribution >= 4 is 21.8 Å². The Morgan fingerprint density at radius 1 is 1.04 bits per heavy atom. The molecule has 1 heterocycles. The number of hydrogen-bond acceptors (Lipinski definition) is 4. The Kier molecular flexibility index (Phi) is 4.56. The molecule has 2 N–H and O–H groups in total. The first-order valence-electron chi connectivity index (χ1n) is 7.69. The smallest absolute Gasteiger partial charge is 0.307 e. The van der Waals surface area contributed by atoms with Crippen molar-refractivity contribution in [3.63, 3.8) is 0 Å². The van der Waals surface area contributed by atoms with Crippen molar-refractivity contribution in [3.8, 4) is 0 Å². The summed E-state index contributed by atoms with van der Waals surface area (Å²) < 4.78 is 67.7. The molecule has 142 valence electrons. The van der Waals surface area contributed by atoms with Crippen LogP contribution in [0.25, 0.3) is 0 Å². The number of carbonyl (C=O) groups excluding carboxylic acids is 1. The van der Waals surface area contributed by atoms with Gasteiger partial charge in [-0.3, -0.25) is 4.79 Å². The van der Waals surface area contributed by atoms with Crippen LogP contribution in [0.15, 0.2) is 64.5 Å². The van der Waals surface area contributed by atoms with Crippen molar-refractivity contribution in [2.24, 2.45) is 4.99 Å². The number of nitrogens with one attached hydrogen (secondary N) is 2. The van der Waals surface area contributed by atoms with Crippen LogP contribution in [0.4, 0.5) is 13.2 Å². The monoisotopic (exact) mass is 397 g/mol. The topological polar surface area (TPSA) is 87.6 Å². The van der Waals surface area contributed by atoms with E-state index >= 15 is 0 Å². The molecule has 1 aliphatic heterocycles. The zero-order valence-electron chi connectivity index (χ0n) is 13.9. The third-order valence-corrected chi connectivity index (χ3v) is 5.37. The Labute approximate surface area is 153 Å². The summed E-state index contributed by atoms with van der Waals surface area (Å²) in [6, 6.07) is 12.8. The SMILES string of the molecule is Cc1ccc(S(=O)(=O)N[C@@]2(C(F)(F)F)N=C(c3ccccc3)NC2=O)cc1. The molecule has 1 atom stereocenters. The first-order valence-corrected chi connectivity index (χ1v) is 9.18. The van der Waals surface area contributed by atoms with Gasteiger partial charge in [-0.05, 0) is 19.1 Å². The van der Waals surface area contributed by atoms with E-state index < -0.39 is 32.7 Å². The number of alkyl halides is 3. The lowest BCUT2D eigenvalue weighted by Crippen LogP contribution is -2.62. The average Bonchev–Trinajstić information content (AvgIpc) is 2.93. The maximum absolute atomic E-state index is 13.8. The number of amides is 1. The van der Waals surface area contributed by atoms with Gasteiger partial charge in [0.1, 0.15) is 5.84 Å². The van der Waals surface area contributed by atoms with Gasteiger partial charge in [-0.1, -0.05) is 48.0 Å². The summed E-state index contributed by atoms with van der Waals surface area (Å²) in [4.78, 5) is 15.2. The van der Waals surface area contributed by atoms with Crippen molar-refractivity contribution in [3.05, 3.63) is 65.7 Å².